The fourth-order valence-corrected chi connectivity index (χ4v) is 2.12. The lowest BCUT2D eigenvalue weighted by Crippen LogP contribution is -2.42. The maximum absolute atomic E-state index is 12.0. The van der Waals surface area contributed by atoms with E-state index in [1.807, 2.05) is 4.90 Å². The van der Waals surface area contributed by atoms with Gasteiger partial charge in [-0.05, 0) is 37.1 Å². The van der Waals surface area contributed by atoms with E-state index in [9.17, 15) is 4.79 Å². The number of carbonyl (C=O) groups excluding carboxylic acids is 1. The highest BCUT2D eigenvalue weighted by molar-refractivity contribution is 5.85. The maximum atomic E-state index is 12.0. The van der Waals surface area contributed by atoms with Crippen molar-refractivity contribution in [2.24, 2.45) is 17.1 Å². The number of nitrogens with zero attached hydrogens (tertiary/aromatic N) is 1. The van der Waals surface area contributed by atoms with Gasteiger partial charge in [-0.15, -0.1) is 12.4 Å². The highest BCUT2D eigenvalue weighted by atomic mass is 35.5. The molecule has 1 atom stereocenters. The molecule has 0 aromatic rings. The van der Waals surface area contributed by atoms with Crippen LogP contribution < -0.4 is 5.73 Å². The van der Waals surface area contributed by atoms with E-state index in [0.29, 0.717) is 24.8 Å². The Morgan fingerprint density at radius 1 is 1.41 bits per heavy atom. The highest BCUT2D eigenvalue weighted by Gasteiger charge is 2.23. The predicted octanol–water partition coefficient (Wildman–Crippen LogP) is 2.43. The fraction of sp³-hybridized carbons (Fsp3) is 0.923. The number of likely N-dealkylation sites (tertiary alicyclic amines) is 1. The second-order valence-electron chi connectivity index (χ2n) is 6.14. The van der Waals surface area contributed by atoms with Crippen LogP contribution in [0.1, 0.15) is 46.5 Å². The van der Waals surface area contributed by atoms with Crippen molar-refractivity contribution >= 4 is 18.3 Å². The van der Waals surface area contributed by atoms with Gasteiger partial charge in [0.2, 0.25) is 5.91 Å². The van der Waals surface area contributed by atoms with Crippen molar-refractivity contribution in [1.82, 2.24) is 4.90 Å². The zero-order valence-electron chi connectivity index (χ0n) is 11.4. The van der Waals surface area contributed by atoms with Crippen molar-refractivity contribution < 1.29 is 4.79 Å². The highest BCUT2D eigenvalue weighted by Crippen LogP contribution is 2.22. The molecule has 1 amide bonds. The molecule has 4 heteroatoms. The van der Waals surface area contributed by atoms with E-state index in [-0.39, 0.29) is 17.8 Å². The SMILES string of the molecule is CC(C)(C)CCC(=O)N1CCCC(CN)C1.Cl. The fourth-order valence-electron chi connectivity index (χ4n) is 2.12. The number of rotatable bonds is 3. The Hall–Kier alpha value is -0.280. The number of nitrogens with two attached hydrogens (primary N) is 1. The first-order chi connectivity index (χ1) is 7.42. The average Bonchev–Trinajstić information content (AvgIpc) is 2.25. The van der Waals surface area contributed by atoms with E-state index in [0.717, 1.165) is 25.9 Å². The van der Waals surface area contributed by atoms with Gasteiger partial charge in [-0.25, -0.2) is 0 Å². The van der Waals surface area contributed by atoms with E-state index < -0.39 is 0 Å². The van der Waals surface area contributed by atoms with E-state index in [1.54, 1.807) is 0 Å². The van der Waals surface area contributed by atoms with Crippen LogP contribution >= 0.6 is 12.4 Å². The molecule has 0 aromatic heterocycles. The van der Waals surface area contributed by atoms with Crippen molar-refractivity contribution in [3.8, 4) is 0 Å². The molecule has 1 saturated heterocycles. The number of amides is 1. The molecule has 0 bridgehead atoms. The van der Waals surface area contributed by atoms with Gasteiger partial charge in [0.25, 0.3) is 0 Å². The zero-order valence-corrected chi connectivity index (χ0v) is 12.2. The molecule has 17 heavy (non-hydrogen) atoms. The summed E-state index contributed by atoms with van der Waals surface area (Å²) in [7, 11) is 0. The quantitative estimate of drug-likeness (QED) is 0.849. The molecule has 2 N–H and O–H groups in total. The van der Waals surface area contributed by atoms with Crippen LogP contribution in [0.3, 0.4) is 0 Å². The minimum atomic E-state index is 0. The lowest BCUT2D eigenvalue weighted by Gasteiger charge is -2.33. The summed E-state index contributed by atoms with van der Waals surface area (Å²) in [4.78, 5) is 14.0. The number of piperidine rings is 1. The molecule has 1 fully saturated rings. The normalized spacial score (nSPS) is 20.9. The zero-order chi connectivity index (χ0) is 12.2. The van der Waals surface area contributed by atoms with Crippen molar-refractivity contribution in [2.45, 2.75) is 46.5 Å². The summed E-state index contributed by atoms with van der Waals surface area (Å²) in [5.74, 6) is 0.834. The van der Waals surface area contributed by atoms with Crippen LogP contribution in [0, 0.1) is 11.3 Å². The molecular weight excluding hydrogens is 236 g/mol. The number of halogens is 1. The van der Waals surface area contributed by atoms with Gasteiger partial charge in [0.1, 0.15) is 0 Å². The Labute approximate surface area is 112 Å². The predicted molar refractivity (Wildman–Crippen MR) is 74.3 cm³/mol. The van der Waals surface area contributed by atoms with Crippen LogP contribution in [0.2, 0.25) is 0 Å². The molecule has 3 nitrogen and oxygen atoms in total. The topological polar surface area (TPSA) is 46.3 Å². The minimum Gasteiger partial charge on any atom is -0.342 e. The summed E-state index contributed by atoms with van der Waals surface area (Å²) in [6.07, 6.45) is 3.94. The van der Waals surface area contributed by atoms with E-state index in [1.165, 1.54) is 6.42 Å². The number of carbonyl (C=O) groups is 1. The minimum absolute atomic E-state index is 0. The van der Waals surface area contributed by atoms with E-state index in [2.05, 4.69) is 20.8 Å². The second kappa shape index (κ2) is 7.22. The standard InChI is InChI=1S/C13H26N2O.ClH/c1-13(2,3)7-6-12(16)15-8-4-5-11(9-14)10-15;/h11H,4-10,14H2,1-3H3;1H. The van der Waals surface area contributed by atoms with Crippen LogP contribution in [0.5, 0.6) is 0 Å². The molecule has 0 radical (unpaired) electrons. The van der Waals surface area contributed by atoms with Crippen LogP contribution in [-0.2, 0) is 4.79 Å². The summed E-state index contributed by atoms with van der Waals surface area (Å²) in [5, 5.41) is 0. The van der Waals surface area contributed by atoms with Gasteiger partial charge >= 0.3 is 0 Å². The molecule has 1 rings (SSSR count). The Bertz CT molecular complexity index is 238. The molecule has 1 aliphatic heterocycles. The van der Waals surface area contributed by atoms with Gasteiger partial charge in [-0.2, -0.15) is 0 Å². The lowest BCUT2D eigenvalue weighted by molar-refractivity contribution is -0.133. The smallest absolute Gasteiger partial charge is 0.222 e. The first-order valence-electron chi connectivity index (χ1n) is 6.40. The summed E-state index contributed by atoms with van der Waals surface area (Å²) < 4.78 is 0. The van der Waals surface area contributed by atoms with Gasteiger partial charge in [-0.1, -0.05) is 20.8 Å². The lowest BCUT2D eigenvalue weighted by atomic mass is 9.90. The maximum Gasteiger partial charge on any atom is 0.222 e. The van der Waals surface area contributed by atoms with Gasteiger partial charge in [-0.3, -0.25) is 4.79 Å². The van der Waals surface area contributed by atoms with Crippen LogP contribution in [-0.4, -0.2) is 30.4 Å². The van der Waals surface area contributed by atoms with Crippen molar-refractivity contribution in [3.63, 3.8) is 0 Å². The molecule has 0 aromatic carbocycles. The second-order valence-corrected chi connectivity index (χ2v) is 6.14. The first-order valence-corrected chi connectivity index (χ1v) is 6.40. The van der Waals surface area contributed by atoms with Crippen LogP contribution in [0.25, 0.3) is 0 Å². The largest absolute Gasteiger partial charge is 0.342 e. The van der Waals surface area contributed by atoms with Crippen molar-refractivity contribution in [2.75, 3.05) is 19.6 Å². The van der Waals surface area contributed by atoms with Gasteiger partial charge in [0.15, 0.2) is 0 Å². The third-order valence-corrected chi connectivity index (χ3v) is 3.29. The number of hydrogen-bond acceptors (Lipinski definition) is 2. The van der Waals surface area contributed by atoms with Crippen LogP contribution in [0.4, 0.5) is 0 Å². The van der Waals surface area contributed by atoms with E-state index in [4.69, 9.17) is 5.73 Å². The van der Waals surface area contributed by atoms with Gasteiger partial charge in [0, 0.05) is 19.5 Å². The third kappa shape index (κ3) is 6.27. The molecule has 0 aliphatic carbocycles. The summed E-state index contributed by atoms with van der Waals surface area (Å²) in [6, 6.07) is 0. The van der Waals surface area contributed by atoms with Crippen molar-refractivity contribution in [3.05, 3.63) is 0 Å². The summed E-state index contributed by atoms with van der Waals surface area (Å²) in [6.45, 7) is 9.06. The molecule has 102 valence electrons. The Kier molecular flexibility index (Phi) is 7.10. The molecule has 1 heterocycles. The summed E-state index contributed by atoms with van der Waals surface area (Å²) >= 11 is 0. The van der Waals surface area contributed by atoms with E-state index >= 15 is 0 Å². The molecule has 0 spiro atoms. The summed E-state index contributed by atoms with van der Waals surface area (Å²) in [5.41, 5.74) is 5.92. The van der Waals surface area contributed by atoms with Crippen LogP contribution in [0.15, 0.2) is 0 Å². The van der Waals surface area contributed by atoms with Crippen molar-refractivity contribution in [1.29, 1.82) is 0 Å². The molecule has 1 aliphatic rings. The third-order valence-electron chi connectivity index (χ3n) is 3.29. The molecular formula is C13H27ClN2O. The molecule has 0 saturated carbocycles. The Morgan fingerprint density at radius 3 is 2.59 bits per heavy atom. The molecule has 1 unspecified atom stereocenters. The Balaban J connectivity index is 0.00000256. The Morgan fingerprint density at radius 2 is 2.06 bits per heavy atom. The monoisotopic (exact) mass is 262 g/mol. The van der Waals surface area contributed by atoms with Gasteiger partial charge in [0.05, 0.1) is 0 Å². The average molecular weight is 263 g/mol. The number of hydrogen-bond donors (Lipinski definition) is 1. The first kappa shape index (κ1) is 16.7. The van der Waals surface area contributed by atoms with Gasteiger partial charge < -0.3 is 10.6 Å².